The molecule has 0 amide bonds. The maximum Gasteiger partial charge on any atom is 0.162 e. The molecule has 0 bridgehead atoms. The highest BCUT2D eigenvalue weighted by molar-refractivity contribution is 6.31. The molecule has 0 atom stereocenters. The predicted molar refractivity (Wildman–Crippen MR) is 52.0 cm³/mol. The third-order valence-electron chi connectivity index (χ3n) is 1.71. The second-order valence-corrected chi connectivity index (χ2v) is 3.29. The lowest BCUT2D eigenvalue weighted by Crippen LogP contribution is -2.09. The van der Waals surface area contributed by atoms with E-state index in [9.17, 15) is 9.18 Å². The Balaban J connectivity index is 2.72. The molecule has 0 saturated carbocycles. The number of hydrogen-bond donors (Lipinski definition) is 0. The molecule has 0 unspecified atom stereocenters. The largest absolute Gasteiger partial charge is 0.377 e. The van der Waals surface area contributed by atoms with Crippen LogP contribution in [0.15, 0.2) is 18.2 Å². The Morgan fingerprint density at radius 3 is 2.86 bits per heavy atom. The molecule has 2 nitrogen and oxygen atoms in total. The number of ether oxygens (including phenoxy) is 1. The molecule has 0 aliphatic carbocycles. The first kappa shape index (κ1) is 11.1. The van der Waals surface area contributed by atoms with Crippen molar-refractivity contribution >= 4 is 17.4 Å². The first-order valence-electron chi connectivity index (χ1n) is 4.08. The molecular weight excluding hydrogens is 207 g/mol. The minimum absolute atomic E-state index is 0.0493. The van der Waals surface area contributed by atoms with Gasteiger partial charge in [0.25, 0.3) is 0 Å². The molecule has 0 heterocycles. The smallest absolute Gasteiger partial charge is 0.162 e. The molecule has 4 heteroatoms. The normalized spacial score (nSPS) is 10.2. The SMILES string of the molecule is COCC(=O)Cc1ccc(F)cc1Cl. The van der Waals surface area contributed by atoms with Crippen molar-refractivity contribution < 1.29 is 13.9 Å². The lowest BCUT2D eigenvalue weighted by atomic mass is 10.1. The fraction of sp³-hybridized carbons (Fsp3) is 0.300. The number of hydrogen-bond acceptors (Lipinski definition) is 2. The van der Waals surface area contributed by atoms with E-state index in [1.165, 1.54) is 25.3 Å². The summed E-state index contributed by atoms with van der Waals surface area (Å²) in [7, 11) is 1.45. The van der Waals surface area contributed by atoms with Gasteiger partial charge in [0.05, 0.1) is 0 Å². The molecule has 1 aromatic rings. The molecule has 0 radical (unpaired) electrons. The van der Waals surface area contributed by atoms with Crippen molar-refractivity contribution in [3.63, 3.8) is 0 Å². The summed E-state index contributed by atoms with van der Waals surface area (Å²) in [6.45, 7) is 0.0493. The van der Waals surface area contributed by atoms with E-state index in [2.05, 4.69) is 4.74 Å². The topological polar surface area (TPSA) is 26.3 Å². The molecule has 0 spiro atoms. The first-order chi connectivity index (χ1) is 6.63. The van der Waals surface area contributed by atoms with E-state index in [4.69, 9.17) is 11.6 Å². The van der Waals surface area contributed by atoms with Gasteiger partial charge in [-0.1, -0.05) is 17.7 Å². The third kappa shape index (κ3) is 3.09. The van der Waals surface area contributed by atoms with Gasteiger partial charge in [0.2, 0.25) is 0 Å². The van der Waals surface area contributed by atoms with Crippen LogP contribution in [0.1, 0.15) is 5.56 Å². The summed E-state index contributed by atoms with van der Waals surface area (Å²) >= 11 is 5.74. The van der Waals surface area contributed by atoms with Crippen LogP contribution < -0.4 is 0 Å². The fourth-order valence-electron chi connectivity index (χ4n) is 1.09. The van der Waals surface area contributed by atoms with Crippen LogP contribution in [0, 0.1) is 5.82 Å². The van der Waals surface area contributed by atoms with Gasteiger partial charge in [0, 0.05) is 18.6 Å². The van der Waals surface area contributed by atoms with E-state index in [1.807, 2.05) is 0 Å². The van der Waals surface area contributed by atoms with Gasteiger partial charge in [-0.05, 0) is 17.7 Å². The maximum atomic E-state index is 12.6. The van der Waals surface area contributed by atoms with Crippen molar-refractivity contribution in [2.45, 2.75) is 6.42 Å². The quantitative estimate of drug-likeness (QED) is 0.772. The minimum Gasteiger partial charge on any atom is -0.377 e. The molecule has 0 N–H and O–H groups in total. The molecule has 0 aliphatic heterocycles. The predicted octanol–water partition coefficient (Wildman–Crippen LogP) is 2.24. The number of carbonyl (C=O) groups is 1. The van der Waals surface area contributed by atoms with Crippen LogP contribution in [0.5, 0.6) is 0 Å². The molecule has 0 fully saturated rings. The van der Waals surface area contributed by atoms with Crippen molar-refractivity contribution in [2.24, 2.45) is 0 Å². The van der Waals surface area contributed by atoms with E-state index in [-0.39, 0.29) is 23.8 Å². The van der Waals surface area contributed by atoms with E-state index in [1.54, 1.807) is 0 Å². The number of halogens is 2. The van der Waals surface area contributed by atoms with Crippen molar-refractivity contribution in [3.8, 4) is 0 Å². The minimum atomic E-state index is -0.405. The summed E-state index contributed by atoms with van der Waals surface area (Å²) in [5, 5.41) is 0.273. The van der Waals surface area contributed by atoms with Crippen LogP contribution in [0.3, 0.4) is 0 Å². The molecule has 0 aliphatic rings. The average molecular weight is 217 g/mol. The summed E-state index contributed by atoms with van der Waals surface area (Å²) in [6.07, 6.45) is 0.174. The Kier molecular flexibility index (Phi) is 4.04. The second kappa shape index (κ2) is 5.08. The van der Waals surface area contributed by atoms with Gasteiger partial charge in [-0.2, -0.15) is 0 Å². The average Bonchev–Trinajstić information content (AvgIpc) is 2.10. The van der Waals surface area contributed by atoms with Gasteiger partial charge in [-0.15, -0.1) is 0 Å². The zero-order chi connectivity index (χ0) is 10.6. The summed E-state index contributed by atoms with van der Waals surface area (Å²) in [5.74, 6) is -0.487. The molecular formula is C10H10ClFO2. The Labute approximate surface area is 86.6 Å². The van der Waals surface area contributed by atoms with Gasteiger partial charge in [-0.3, -0.25) is 4.79 Å². The Hall–Kier alpha value is -0.930. The Bertz CT molecular complexity index is 339. The van der Waals surface area contributed by atoms with Crippen molar-refractivity contribution in [1.29, 1.82) is 0 Å². The van der Waals surface area contributed by atoms with E-state index < -0.39 is 5.82 Å². The van der Waals surface area contributed by atoms with Crippen LogP contribution in [0.4, 0.5) is 4.39 Å². The highest BCUT2D eigenvalue weighted by atomic mass is 35.5. The summed E-state index contributed by atoms with van der Waals surface area (Å²) in [6, 6.07) is 3.98. The molecule has 1 aromatic carbocycles. The number of carbonyl (C=O) groups excluding carboxylic acids is 1. The number of rotatable bonds is 4. The van der Waals surface area contributed by atoms with Gasteiger partial charge < -0.3 is 4.74 Å². The van der Waals surface area contributed by atoms with Crippen LogP contribution in [-0.4, -0.2) is 19.5 Å². The number of Topliss-reactive ketones (excluding diaryl/α,β-unsaturated/α-hetero) is 1. The summed E-state index contributed by atoms with van der Waals surface area (Å²) < 4.78 is 17.3. The zero-order valence-electron chi connectivity index (χ0n) is 7.72. The van der Waals surface area contributed by atoms with E-state index in [0.29, 0.717) is 5.56 Å². The number of ketones is 1. The monoisotopic (exact) mass is 216 g/mol. The first-order valence-corrected chi connectivity index (χ1v) is 4.46. The lowest BCUT2D eigenvalue weighted by molar-refractivity contribution is -0.121. The summed E-state index contributed by atoms with van der Waals surface area (Å²) in [5.41, 5.74) is 0.620. The van der Waals surface area contributed by atoms with E-state index in [0.717, 1.165) is 0 Å². The third-order valence-corrected chi connectivity index (χ3v) is 2.06. The summed E-state index contributed by atoms with van der Waals surface area (Å²) in [4.78, 5) is 11.2. The number of benzene rings is 1. The fourth-order valence-corrected chi connectivity index (χ4v) is 1.32. The van der Waals surface area contributed by atoms with E-state index >= 15 is 0 Å². The lowest BCUT2D eigenvalue weighted by Gasteiger charge is -2.02. The van der Waals surface area contributed by atoms with Crippen molar-refractivity contribution in [1.82, 2.24) is 0 Å². The van der Waals surface area contributed by atoms with Crippen molar-refractivity contribution in [2.75, 3.05) is 13.7 Å². The standard InChI is InChI=1S/C10H10ClFO2/c1-14-6-9(13)4-7-2-3-8(12)5-10(7)11/h2-3,5H,4,6H2,1H3. The molecule has 14 heavy (non-hydrogen) atoms. The number of methoxy groups -OCH3 is 1. The van der Waals surface area contributed by atoms with Gasteiger partial charge in [0.1, 0.15) is 12.4 Å². The van der Waals surface area contributed by atoms with Gasteiger partial charge in [0.15, 0.2) is 5.78 Å². The van der Waals surface area contributed by atoms with Crippen molar-refractivity contribution in [3.05, 3.63) is 34.6 Å². The maximum absolute atomic E-state index is 12.6. The molecule has 0 saturated heterocycles. The van der Waals surface area contributed by atoms with Crippen LogP contribution in [-0.2, 0) is 16.0 Å². The van der Waals surface area contributed by atoms with Crippen LogP contribution in [0.2, 0.25) is 5.02 Å². The molecule has 0 aromatic heterocycles. The molecule has 76 valence electrons. The van der Waals surface area contributed by atoms with Gasteiger partial charge in [-0.25, -0.2) is 4.39 Å². The van der Waals surface area contributed by atoms with Gasteiger partial charge >= 0.3 is 0 Å². The van der Waals surface area contributed by atoms with Crippen LogP contribution >= 0.6 is 11.6 Å². The Morgan fingerprint density at radius 1 is 1.57 bits per heavy atom. The highest BCUT2D eigenvalue weighted by Crippen LogP contribution is 2.17. The molecule has 1 rings (SSSR count). The Morgan fingerprint density at radius 2 is 2.29 bits per heavy atom. The zero-order valence-corrected chi connectivity index (χ0v) is 8.47. The second-order valence-electron chi connectivity index (χ2n) is 2.88. The van der Waals surface area contributed by atoms with Crippen LogP contribution in [0.25, 0.3) is 0 Å². The highest BCUT2D eigenvalue weighted by Gasteiger charge is 2.07.